The van der Waals surface area contributed by atoms with Gasteiger partial charge in [-0.05, 0) is 6.07 Å². The first-order valence-corrected chi connectivity index (χ1v) is 5.03. The smallest absolute Gasteiger partial charge is 0.274 e. The second-order valence-electron chi connectivity index (χ2n) is 3.94. The molecule has 1 heterocycles. The number of hydrogen-bond donors (Lipinski definition) is 1. The number of aryl methyl sites for hydroxylation is 1. The van der Waals surface area contributed by atoms with E-state index in [-0.39, 0.29) is 23.1 Å². The molecule has 0 aliphatic rings. The van der Waals surface area contributed by atoms with E-state index in [1.165, 1.54) is 35.7 Å². The van der Waals surface area contributed by atoms with Crippen LogP contribution in [0.25, 0.3) is 0 Å². The molecule has 1 aromatic heterocycles. The molecule has 1 N–H and O–H groups in total. The quantitative estimate of drug-likeness (QED) is 0.789. The summed E-state index contributed by atoms with van der Waals surface area (Å²) < 4.78 is 1.27. The van der Waals surface area contributed by atoms with E-state index in [1.54, 1.807) is 14.1 Å². The van der Waals surface area contributed by atoms with Crippen LogP contribution in [0.15, 0.2) is 17.1 Å². The molecule has 0 fully saturated rings. The minimum atomic E-state index is -0.351. The number of nitrogens with zero attached hydrogens (tertiary/aromatic N) is 2. The highest BCUT2D eigenvalue weighted by molar-refractivity contribution is 5.96. The highest BCUT2D eigenvalue weighted by Crippen LogP contribution is 2.07. The van der Waals surface area contributed by atoms with Crippen LogP contribution in [-0.4, -0.2) is 35.4 Å². The first kappa shape index (κ1) is 13.0. The van der Waals surface area contributed by atoms with Gasteiger partial charge in [0.15, 0.2) is 0 Å². The maximum absolute atomic E-state index is 11.7. The second-order valence-corrected chi connectivity index (χ2v) is 3.94. The Labute approximate surface area is 98.8 Å². The van der Waals surface area contributed by atoms with E-state index < -0.39 is 0 Å². The summed E-state index contributed by atoms with van der Waals surface area (Å²) in [6.07, 6.45) is 1.44. The lowest BCUT2D eigenvalue weighted by molar-refractivity contribution is -0.114. The number of carbonyl (C=O) groups excluding carboxylic acids is 2. The molecule has 0 bridgehead atoms. The fourth-order valence-electron chi connectivity index (χ4n) is 1.37. The van der Waals surface area contributed by atoms with Crippen LogP contribution in [-0.2, 0) is 11.8 Å². The molecule has 0 spiro atoms. The predicted octanol–water partition coefficient (Wildman–Crippen LogP) is 0.0455. The van der Waals surface area contributed by atoms with Gasteiger partial charge in [0.05, 0.1) is 5.56 Å². The molecule has 17 heavy (non-hydrogen) atoms. The topological polar surface area (TPSA) is 71.4 Å². The maximum Gasteiger partial charge on any atom is 0.274 e. The van der Waals surface area contributed by atoms with Crippen molar-refractivity contribution in [1.82, 2.24) is 9.47 Å². The fraction of sp³-hybridized carbons (Fsp3) is 0.364. The number of hydrogen-bond acceptors (Lipinski definition) is 3. The van der Waals surface area contributed by atoms with Crippen LogP contribution in [0.3, 0.4) is 0 Å². The van der Waals surface area contributed by atoms with Gasteiger partial charge in [-0.25, -0.2) is 0 Å². The molecule has 6 nitrogen and oxygen atoms in total. The highest BCUT2D eigenvalue weighted by atomic mass is 16.2. The van der Waals surface area contributed by atoms with Crippen LogP contribution < -0.4 is 10.9 Å². The Morgan fingerprint density at radius 2 is 1.94 bits per heavy atom. The van der Waals surface area contributed by atoms with Gasteiger partial charge in [-0.15, -0.1) is 0 Å². The van der Waals surface area contributed by atoms with Crippen LogP contribution in [0.1, 0.15) is 17.3 Å². The third kappa shape index (κ3) is 2.93. The monoisotopic (exact) mass is 237 g/mol. The normalized spacial score (nSPS) is 9.88. The molecule has 92 valence electrons. The summed E-state index contributed by atoms with van der Waals surface area (Å²) in [5, 5.41) is 2.41. The van der Waals surface area contributed by atoms with Crippen molar-refractivity contribution < 1.29 is 9.59 Å². The molecule has 1 aromatic rings. The first-order chi connectivity index (χ1) is 7.82. The standard InChI is InChI=1S/C11H15N3O3/c1-7(15)12-9-5-8(10(16)13(2)3)6-14(4)11(9)17/h5-6H,1-4H3,(H,12,15). The second kappa shape index (κ2) is 4.82. The van der Waals surface area contributed by atoms with Crippen LogP contribution >= 0.6 is 0 Å². The SMILES string of the molecule is CC(=O)Nc1cc(C(=O)N(C)C)cn(C)c1=O. The lowest BCUT2D eigenvalue weighted by Crippen LogP contribution is -2.27. The fourth-order valence-corrected chi connectivity index (χ4v) is 1.37. The summed E-state index contributed by atoms with van der Waals surface area (Å²) in [5.41, 5.74) is 0.101. The van der Waals surface area contributed by atoms with Crippen LogP contribution in [0.2, 0.25) is 0 Å². The summed E-state index contributed by atoms with van der Waals surface area (Å²) in [6.45, 7) is 1.31. The Kier molecular flexibility index (Phi) is 3.67. The van der Waals surface area contributed by atoms with Crippen LogP contribution in [0.5, 0.6) is 0 Å². The van der Waals surface area contributed by atoms with Crippen molar-refractivity contribution in [3.05, 3.63) is 28.2 Å². The van der Waals surface area contributed by atoms with Crippen molar-refractivity contribution >= 4 is 17.5 Å². The molecule has 0 saturated heterocycles. The molecule has 0 aliphatic carbocycles. The third-order valence-corrected chi connectivity index (χ3v) is 2.15. The molecular weight excluding hydrogens is 222 g/mol. The Morgan fingerprint density at radius 3 is 2.41 bits per heavy atom. The van der Waals surface area contributed by atoms with E-state index in [1.807, 2.05) is 0 Å². The van der Waals surface area contributed by atoms with Gasteiger partial charge >= 0.3 is 0 Å². The molecular formula is C11H15N3O3. The van der Waals surface area contributed by atoms with Crippen LogP contribution in [0, 0.1) is 0 Å². The molecule has 0 saturated carbocycles. The first-order valence-electron chi connectivity index (χ1n) is 5.03. The largest absolute Gasteiger partial charge is 0.345 e. The number of nitrogens with one attached hydrogen (secondary N) is 1. The molecule has 0 aromatic carbocycles. The van der Waals surface area contributed by atoms with Gasteiger partial charge in [-0.1, -0.05) is 0 Å². The van der Waals surface area contributed by atoms with Crippen LogP contribution in [0.4, 0.5) is 5.69 Å². The van der Waals surface area contributed by atoms with Gasteiger partial charge < -0.3 is 14.8 Å². The zero-order chi connectivity index (χ0) is 13.2. The van der Waals surface area contributed by atoms with Gasteiger partial charge in [-0.2, -0.15) is 0 Å². The summed E-state index contributed by atoms with van der Waals surface area (Å²) in [4.78, 5) is 35.8. The van der Waals surface area contributed by atoms with Gasteiger partial charge in [0.2, 0.25) is 5.91 Å². The summed E-state index contributed by atoms with van der Waals surface area (Å²) in [6, 6.07) is 1.38. The van der Waals surface area contributed by atoms with Crippen molar-refractivity contribution in [2.75, 3.05) is 19.4 Å². The zero-order valence-corrected chi connectivity index (χ0v) is 10.3. The van der Waals surface area contributed by atoms with E-state index in [2.05, 4.69) is 5.32 Å². The highest BCUT2D eigenvalue weighted by Gasteiger charge is 2.12. The van der Waals surface area contributed by atoms with E-state index in [9.17, 15) is 14.4 Å². The average Bonchev–Trinajstić information content (AvgIpc) is 2.22. The molecule has 0 unspecified atom stereocenters. The molecule has 0 radical (unpaired) electrons. The van der Waals surface area contributed by atoms with Gasteiger partial charge in [-0.3, -0.25) is 14.4 Å². The van der Waals surface area contributed by atoms with Gasteiger partial charge in [0, 0.05) is 34.3 Å². The van der Waals surface area contributed by atoms with E-state index in [4.69, 9.17) is 0 Å². The van der Waals surface area contributed by atoms with Crippen molar-refractivity contribution in [1.29, 1.82) is 0 Å². The Morgan fingerprint density at radius 1 is 1.35 bits per heavy atom. The van der Waals surface area contributed by atoms with E-state index >= 15 is 0 Å². The molecule has 0 atom stereocenters. The summed E-state index contributed by atoms with van der Waals surface area (Å²) >= 11 is 0. The minimum absolute atomic E-state index is 0.104. The maximum atomic E-state index is 11.7. The number of aromatic nitrogens is 1. The molecule has 2 amide bonds. The molecule has 1 rings (SSSR count). The number of pyridine rings is 1. The van der Waals surface area contributed by atoms with Gasteiger partial charge in [0.1, 0.15) is 5.69 Å². The Bertz CT molecular complexity index is 517. The van der Waals surface area contributed by atoms with E-state index in [0.29, 0.717) is 5.56 Å². The van der Waals surface area contributed by atoms with Gasteiger partial charge in [0.25, 0.3) is 11.5 Å². The zero-order valence-electron chi connectivity index (χ0n) is 10.3. The van der Waals surface area contributed by atoms with Crippen molar-refractivity contribution in [3.8, 4) is 0 Å². The Hall–Kier alpha value is -2.11. The minimum Gasteiger partial charge on any atom is -0.345 e. The van der Waals surface area contributed by atoms with Crippen molar-refractivity contribution in [3.63, 3.8) is 0 Å². The van der Waals surface area contributed by atoms with Crippen molar-refractivity contribution in [2.45, 2.75) is 6.92 Å². The molecule has 0 aliphatic heterocycles. The Balaban J connectivity index is 3.28. The lowest BCUT2D eigenvalue weighted by Gasteiger charge is -2.12. The van der Waals surface area contributed by atoms with E-state index in [0.717, 1.165) is 0 Å². The number of anilines is 1. The lowest BCUT2D eigenvalue weighted by atomic mass is 10.2. The summed E-state index contributed by atoms with van der Waals surface area (Å²) in [7, 11) is 4.76. The molecule has 6 heteroatoms. The number of carbonyl (C=O) groups is 2. The third-order valence-electron chi connectivity index (χ3n) is 2.15. The summed E-state index contributed by atoms with van der Waals surface area (Å²) in [5.74, 6) is -0.580. The average molecular weight is 237 g/mol. The number of amides is 2. The number of rotatable bonds is 2. The van der Waals surface area contributed by atoms with Crippen molar-refractivity contribution in [2.24, 2.45) is 7.05 Å². The predicted molar refractivity (Wildman–Crippen MR) is 64.0 cm³/mol.